The second-order valence-corrected chi connectivity index (χ2v) is 10.6. The van der Waals surface area contributed by atoms with Crippen LogP contribution in [0.1, 0.15) is 79.8 Å². The summed E-state index contributed by atoms with van der Waals surface area (Å²) in [5, 5.41) is 0. The Labute approximate surface area is 264 Å². The van der Waals surface area contributed by atoms with Gasteiger partial charge >= 0.3 is 16.5 Å². The topological polar surface area (TPSA) is 25.3 Å². The summed E-state index contributed by atoms with van der Waals surface area (Å²) >= 11 is 0. The van der Waals surface area contributed by atoms with Crippen molar-refractivity contribution in [2.24, 2.45) is 0 Å². The summed E-state index contributed by atoms with van der Waals surface area (Å²) in [7, 11) is 0. The zero-order valence-electron chi connectivity index (χ0n) is 25.8. The quantitative estimate of drug-likeness (QED) is 0.109. The van der Waals surface area contributed by atoms with Crippen LogP contribution in [0.4, 0.5) is 0 Å². The maximum atomic E-state index is 11.0. The molecule has 0 unspecified atom stereocenters. The standard InChI is InChI=1S/C25H30N2.2C7H7.Ni/c1-4-6-10-20-12-8-14-22(17-20)24-16-19(3)25(27(24)26)23-15-9-13-21(18-23)11-7-5-2;2*1-7-5-3-2-4-6-7;/h8-9,12-18H,4-7,10-11H2,1-3H3;2*3-6H,1H3;/q;2*-1;+2. The number of aryl methyl sites for hydroxylation is 4. The van der Waals surface area contributed by atoms with Gasteiger partial charge in [-0.15, -0.1) is 0 Å². The van der Waals surface area contributed by atoms with E-state index in [-0.39, 0.29) is 16.5 Å². The molecule has 0 saturated carbocycles. The molecule has 4 aromatic carbocycles. The van der Waals surface area contributed by atoms with E-state index in [2.05, 4.69) is 101 Å². The molecular weight excluding hydrogens is 555 g/mol. The van der Waals surface area contributed by atoms with Crippen LogP contribution in [0.5, 0.6) is 0 Å². The molecule has 220 valence electrons. The Bertz CT molecular complexity index is 1400. The van der Waals surface area contributed by atoms with Gasteiger partial charge < -0.3 is 5.53 Å². The molecule has 0 radical (unpaired) electrons. The van der Waals surface area contributed by atoms with Gasteiger partial charge in [-0.3, -0.25) is 0 Å². The van der Waals surface area contributed by atoms with Crippen molar-refractivity contribution in [3.63, 3.8) is 0 Å². The first kappa shape index (κ1) is 34.7. The number of benzene rings is 4. The van der Waals surface area contributed by atoms with Crippen molar-refractivity contribution >= 4 is 11.4 Å². The van der Waals surface area contributed by atoms with Crippen molar-refractivity contribution in [2.45, 2.75) is 73.1 Å². The molecule has 1 heterocycles. The fraction of sp³-hybridized carbons (Fsp3) is 0.282. The molecule has 1 aliphatic heterocycles. The summed E-state index contributed by atoms with van der Waals surface area (Å²) in [6, 6.07) is 38.8. The van der Waals surface area contributed by atoms with Crippen LogP contribution in [-0.4, -0.2) is 4.70 Å². The van der Waals surface area contributed by atoms with Crippen molar-refractivity contribution in [2.75, 3.05) is 0 Å². The molecule has 0 amide bonds. The molecule has 2 nitrogen and oxygen atoms in total. The van der Waals surface area contributed by atoms with Crippen LogP contribution in [-0.2, 0) is 29.3 Å². The van der Waals surface area contributed by atoms with Gasteiger partial charge in [-0.2, -0.15) is 71.8 Å². The van der Waals surface area contributed by atoms with Crippen molar-refractivity contribution < 1.29 is 21.2 Å². The van der Waals surface area contributed by atoms with Gasteiger partial charge in [0.1, 0.15) is 0 Å². The van der Waals surface area contributed by atoms with Crippen LogP contribution < -0.4 is 0 Å². The number of hydrogen-bond donors (Lipinski definition) is 0. The Hall–Kier alpha value is -3.55. The summed E-state index contributed by atoms with van der Waals surface area (Å²) in [6.07, 6.45) is 9.03. The molecule has 0 aromatic heterocycles. The van der Waals surface area contributed by atoms with Crippen LogP contribution in [0, 0.1) is 26.0 Å². The first-order valence-corrected chi connectivity index (χ1v) is 14.9. The first-order chi connectivity index (χ1) is 19.9. The van der Waals surface area contributed by atoms with E-state index in [1.54, 1.807) is 0 Å². The van der Waals surface area contributed by atoms with Crippen molar-refractivity contribution in [1.29, 1.82) is 0 Å². The van der Waals surface area contributed by atoms with Crippen molar-refractivity contribution in [1.82, 2.24) is 0 Å². The van der Waals surface area contributed by atoms with Crippen LogP contribution in [0.2, 0.25) is 0 Å². The van der Waals surface area contributed by atoms with Crippen LogP contribution in [0.15, 0.2) is 109 Å². The third kappa shape index (κ3) is 11.0. The summed E-state index contributed by atoms with van der Waals surface area (Å²) < 4.78 is 1.37. The molecule has 0 atom stereocenters. The Balaban J connectivity index is 0.000000334. The van der Waals surface area contributed by atoms with E-state index in [0.717, 1.165) is 40.9 Å². The maximum absolute atomic E-state index is 11.0. The van der Waals surface area contributed by atoms with Gasteiger partial charge in [0.25, 0.3) is 0 Å². The molecule has 42 heavy (non-hydrogen) atoms. The molecule has 0 fully saturated rings. The average Bonchev–Trinajstić information content (AvgIpc) is 3.30. The Morgan fingerprint density at radius 2 is 1.10 bits per heavy atom. The van der Waals surface area contributed by atoms with Gasteiger partial charge in [-0.1, -0.05) is 64.8 Å². The summed E-state index contributed by atoms with van der Waals surface area (Å²) in [6.45, 7) is 10.6. The van der Waals surface area contributed by atoms with E-state index in [1.807, 2.05) is 48.5 Å². The summed E-state index contributed by atoms with van der Waals surface area (Å²) in [4.78, 5) is 0. The van der Waals surface area contributed by atoms with Gasteiger partial charge in [-0.05, 0) is 68.0 Å². The van der Waals surface area contributed by atoms with Crippen LogP contribution in [0.3, 0.4) is 0 Å². The van der Waals surface area contributed by atoms with Gasteiger partial charge in [-0.25, -0.2) is 4.70 Å². The van der Waals surface area contributed by atoms with Gasteiger partial charge in [0, 0.05) is 22.8 Å². The average molecular weight is 599 g/mol. The number of rotatable bonds is 8. The third-order valence-electron chi connectivity index (χ3n) is 7.00. The van der Waals surface area contributed by atoms with E-state index in [0.29, 0.717) is 0 Å². The normalized spacial score (nSPS) is 11.9. The Morgan fingerprint density at radius 1 is 0.643 bits per heavy atom. The maximum Gasteiger partial charge on any atom is 2.00 e. The number of allylic oxidation sites excluding steroid dienone is 2. The van der Waals surface area contributed by atoms with E-state index < -0.39 is 0 Å². The van der Waals surface area contributed by atoms with Crippen LogP contribution in [0.25, 0.3) is 16.9 Å². The zero-order valence-corrected chi connectivity index (χ0v) is 26.8. The van der Waals surface area contributed by atoms with E-state index in [4.69, 9.17) is 0 Å². The molecular formula is C39H44N2Ni. The summed E-state index contributed by atoms with van der Waals surface area (Å²) in [5.74, 6) is 0. The van der Waals surface area contributed by atoms with E-state index in [1.165, 1.54) is 52.6 Å². The molecule has 0 saturated heterocycles. The van der Waals surface area contributed by atoms with Crippen molar-refractivity contribution in [3.05, 3.63) is 160 Å². The van der Waals surface area contributed by atoms with Crippen LogP contribution >= 0.6 is 0 Å². The third-order valence-corrected chi connectivity index (χ3v) is 7.00. The largest absolute Gasteiger partial charge is 2.00 e. The van der Waals surface area contributed by atoms with E-state index >= 15 is 0 Å². The fourth-order valence-corrected chi connectivity index (χ4v) is 4.64. The monoisotopic (exact) mass is 598 g/mol. The second kappa shape index (κ2) is 18.8. The van der Waals surface area contributed by atoms with E-state index in [9.17, 15) is 5.53 Å². The molecule has 0 spiro atoms. The number of hydrogen-bond acceptors (Lipinski definition) is 0. The predicted octanol–water partition coefficient (Wildman–Crippen LogP) is 10.8. The number of unbranched alkanes of at least 4 members (excludes halogenated alkanes) is 2. The summed E-state index contributed by atoms with van der Waals surface area (Å²) in [5.41, 5.74) is 21.2. The molecule has 0 aliphatic carbocycles. The SMILES string of the molecule is CCCCc1cccc(C2=CC(C)=C(c3cccc(CCCC)c3)[N+]2=[N-])c1.Cc1cc[c-]cc1.Cc1cc[c-]cc1.[Ni+2]. The van der Waals surface area contributed by atoms with Gasteiger partial charge in [0.15, 0.2) is 0 Å². The van der Waals surface area contributed by atoms with Gasteiger partial charge in [0.2, 0.25) is 11.4 Å². The smallest absolute Gasteiger partial charge is 0.493 e. The molecule has 4 aromatic rings. The Morgan fingerprint density at radius 3 is 1.52 bits per heavy atom. The fourth-order valence-electron chi connectivity index (χ4n) is 4.64. The molecule has 0 bridgehead atoms. The minimum atomic E-state index is 0. The first-order valence-electron chi connectivity index (χ1n) is 14.9. The Kier molecular flexibility index (Phi) is 15.5. The second-order valence-electron chi connectivity index (χ2n) is 10.6. The molecule has 1 aliphatic rings. The zero-order chi connectivity index (χ0) is 29.5. The van der Waals surface area contributed by atoms with Gasteiger partial charge in [0.05, 0.1) is 0 Å². The molecule has 0 N–H and O–H groups in total. The number of nitrogens with zero attached hydrogens (tertiary/aromatic N) is 2. The molecule has 3 heteroatoms. The minimum Gasteiger partial charge on any atom is -0.493 e. The van der Waals surface area contributed by atoms with Crippen molar-refractivity contribution in [3.8, 4) is 0 Å². The predicted molar refractivity (Wildman–Crippen MR) is 174 cm³/mol. The minimum absolute atomic E-state index is 0. The molecule has 5 rings (SSSR count).